The number of halogens is 5. The number of anilines is 2. The molecule has 30 heavy (non-hydrogen) atoms. The predicted molar refractivity (Wildman–Crippen MR) is 114 cm³/mol. The summed E-state index contributed by atoms with van der Waals surface area (Å²) in [6.07, 6.45) is -2.74. The molecule has 1 amide bonds. The van der Waals surface area contributed by atoms with Gasteiger partial charge < -0.3 is 15.5 Å². The fourth-order valence-electron chi connectivity index (χ4n) is 3.33. The minimum Gasteiger partial charge on any atom is -0.376 e. The molecule has 0 unspecified atom stereocenters. The monoisotopic (exact) mass is 468 g/mol. The Morgan fingerprint density at radius 3 is 2.43 bits per heavy atom. The summed E-state index contributed by atoms with van der Waals surface area (Å²) in [6, 6.07) is 3.40. The first kappa shape index (κ1) is 26.0. The van der Waals surface area contributed by atoms with Gasteiger partial charge in [0.05, 0.1) is 28.7 Å². The van der Waals surface area contributed by atoms with E-state index < -0.39 is 17.6 Å². The lowest BCUT2D eigenvalue weighted by Crippen LogP contribution is -2.30. The van der Waals surface area contributed by atoms with Gasteiger partial charge in [0.15, 0.2) is 5.69 Å². The van der Waals surface area contributed by atoms with Crippen LogP contribution >= 0.6 is 24.8 Å². The van der Waals surface area contributed by atoms with Gasteiger partial charge in [-0.2, -0.15) is 13.2 Å². The fourth-order valence-corrected chi connectivity index (χ4v) is 3.33. The quantitative estimate of drug-likeness (QED) is 0.715. The molecule has 1 aliphatic rings. The second-order valence-electron chi connectivity index (χ2n) is 7.03. The molecule has 0 aliphatic carbocycles. The summed E-state index contributed by atoms with van der Waals surface area (Å²) in [5, 5.41) is 13.9. The average Bonchev–Trinajstić information content (AvgIpc) is 3.03. The van der Waals surface area contributed by atoms with Crippen LogP contribution in [0.1, 0.15) is 40.6 Å². The zero-order chi connectivity index (χ0) is 20.5. The van der Waals surface area contributed by atoms with Gasteiger partial charge in [-0.25, -0.2) is 4.68 Å². The zero-order valence-corrected chi connectivity index (χ0v) is 18.4. The number of hydrogen-bond donors (Lipinski definition) is 2. The Morgan fingerprint density at radius 2 is 1.87 bits per heavy atom. The van der Waals surface area contributed by atoms with E-state index in [1.807, 2.05) is 0 Å². The Balaban J connectivity index is 0.00000225. The second-order valence-corrected chi connectivity index (χ2v) is 7.03. The molecule has 12 heteroatoms. The van der Waals surface area contributed by atoms with E-state index in [2.05, 4.69) is 20.9 Å². The number of amides is 1. The molecule has 2 N–H and O–H groups in total. The summed E-state index contributed by atoms with van der Waals surface area (Å²) in [7, 11) is 3.38. The van der Waals surface area contributed by atoms with Crippen LogP contribution in [0, 0.1) is 6.92 Å². The molecule has 1 saturated heterocycles. The predicted octanol–water partition coefficient (Wildman–Crippen LogP) is 3.69. The molecule has 3 rings (SSSR count). The molecule has 1 aromatic heterocycles. The molecule has 1 aromatic carbocycles. The van der Waals surface area contributed by atoms with E-state index in [1.165, 1.54) is 6.07 Å². The molecule has 0 bridgehead atoms. The lowest BCUT2D eigenvalue weighted by Gasteiger charge is -2.23. The summed E-state index contributed by atoms with van der Waals surface area (Å²) in [4.78, 5) is 14.4. The molecular weight excluding hydrogens is 444 g/mol. The minimum absolute atomic E-state index is 0. The first-order chi connectivity index (χ1) is 13.2. The van der Waals surface area contributed by atoms with Crippen molar-refractivity contribution in [2.45, 2.75) is 32.0 Å². The number of nitrogens with one attached hydrogen (secondary N) is 2. The van der Waals surface area contributed by atoms with Crippen LogP contribution in [0.5, 0.6) is 0 Å². The van der Waals surface area contributed by atoms with E-state index in [4.69, 9.17) is 0 Å². The number of carbonyl (C=O) groups excluding carboxylic acids is 1. The molecule has 7 nitrogen and oxygen atoms in total. The fraction of sp³-hybridized carbons (Fsp3) is 0.500. The van der Waals surface area contributed by atoms with Crippen molar-refractivity contribution in [2.24, 2.45) is 0 Å². The standard InChI is InChI=1S/C18H23F3N6O.2ClH/c1-11-16(24-25-27(11)13-6-8-22-9-7-13)17(28)23-14-10-12(18(19,20)21)4-5-15(14)26(2)3;;/h4-5,10,13,22H,6-9H2,1-3H3,(H,23,28);2*1H. The van der Waals surface area contributed by atoms with Crippen LogP contribution in [0.25, 0.3) is 0 Å². The third-order valence-electron chi connectivity index (χ3n) is 4.85. The van der Waals surface area contributed by atoms with Gasteiger partial charge in [-0.15, -0.1) is 29.9 Å². The first-order valence-corrected chi connectivity index (χ1v) is 9.01. The summed E-state index contributed by atoms with van der Waals surface area (Å²) in [5.41, 5.74) is 0.414. The summed E-state index contributed by atoms with van der Waals surface area (Å²) >= 11 is 0. The van der Waals surface area contributed by atoms with Crippen LogP contribution in [0.3, 0.4) is 0 Å². The summed E-state index contributed by atoms with van der Waals surface area (Å²) < 4.78 is 41.0. The minimum atomic E-state index is -4.50. The van der Waals surface area contributed by atoms with Crippen LogP contribution in [0.4, 0.5) is 24.5 Å². The molecule has 0 atom stereocenters. The molecule has 0 saturated carbocycles. The molecule has 2 heterocycles. The maximum Gasteiger partial charge on any atom is 0.416 e. The number of rotatable bonds is 4. The molecule has 2 aromatic rings. The van der Waals surface area contributed by atoms with E-state index in [9.17, 15) is 18.0 Å². The second kappa shape index (κ2) is 10.3. The lowest BCUT2D eigenvalue weighted by molar-refractivity contribution is -0.137. The number of alkyl halides is 3. The smallest absolute Gasteiger partial charge is 0.376 e. The van der Waals surface area contributed by atoms with Gasteiger partial charge in [-0.3, -0.25) is 4.79 Å². The summed E-state index contributed by atoms with van der Waals surface area (Å²) in [6.45, 7) is 3.47. The van der Waals surface area contributed by atoms with Crippen molar-refractivity contribution in [2.75, 3.05) is 37.4 Å². The van der Waals surface area contributed by atoms with E-state index in [0.717, 1.165) is 38.1 Å². The van der Waals surface area contributed by atoms with Crippen molar-refractivity contribution >= 4 is 42.1 Å². The molecule has 1 fully saturated rings. The Bertz CT molecular complexity index is 866. The number of nitrogens with zero attached hydrogens (tertiary/aromatic N) is 4. The van der Waals surface area contributed by atoms with Gasteiger partial charge in [0.1, 0.15) is 0 Å². The van der Waals surface area contributed by atoms with Gasteiger partial charge in [0.2, 0.25) is 0 Å². The third kappa shape index (κ3) is 5.55. The average molecular weight is 469 g/mol. The third-order valence-corrected chi connectivity index (χ3v) is 4.85. The largest absolute Gasteiger partial charge is 0.416 e. The number of benzene rings is 1. The highest BCUT2D eigenvalue weighted by molar-refractivity contribution is 6.05. The maximum atomic E-state index is 13.1. The van der Waals surface area contributed by atoms with Crippen LogP contribution in [0.2, 0.25) is 0 Å². The number of carbonyl (C=O) groups is 1. The van der Waals surface area contributed by atoms with Crippen LogP contribution in [-0.2, 0) is 6.18 Å². The maximum absolute atomic E-state index is 13.1. The van der Waals surface area contributed by atoms with Gasteiger partial charge >= 0.3 is 6.18 Å². The van der Waals surface area contributed by atoms with Gasteiger partial charge in [-0.1, -0.05) is 5.21 Å². The normalized spacial score (nSPS) is 14.5. The molecule has 0 spiro atoms. The van der Waals surface area contributed by atoms with Crippen LogP contribution in [0.15, 0.2) is 18.2 Å². The van der Waals surface area contributed by atoms with Crippen molar-refractivity contribution in [1.82, 2.24) is 20.3 Å². The molecular formula is C18H25Cl2F3N6O. The highest BCUT2D eigenvalue weighted by Crippen LogP contribution is 2.35. The number of aromatic nitrogens is 3. The molecule has 168 valence electrons. The molecule has 0 radical (unpaired) electrons. The van der Waals surface area contributed by atoms with Gasteiger partial charge in [0.25, 0.3) is 5.91 Å². The van der Waals surface area contributed by atoms with E-state index >= 15 is 0 Å². The van der Waals surface area contributed by atoms with E-state index in [0.29, 0.717) is 11.4 Å². The number of hydrogen-bond acceptors (Lipinski definition) is 5. The SMILES string of the molecule is Cc1c(C(=O)Nc2cc(C(F)(F)F)ccc2N(C)C)nnn1C1CCNCC1.Cl.Cl. The highest BCUT2D eigenvalue weighted by Gasteiger charge is 2.32. The Kier molecular flexibility index (Phi) is 8.94. The van der Waals surface area contributed by atoms with Gasteiger partial charge in [-0.05, 0) is 51.1 Å². The van der Waals surface area contributed by atoms with Crippen LogP contribution in [-0.4, -0.2) is 48.1 Å². The summed E-state index contributed by atoms with van der Waals surface area (Å²) in [5.74, 6) is -0.583. The lowest BCUT2D eigenvalue weighted by atomic mass is 10.1. The Morgan fingerprint density at radius 1 is 1.23 bits per heavy atom. The Labute approximate surface area is 185 Å². The van der Waals surface area contributed by atoms with E-state index in [1.54, 1.807) is 30.6 Å². The zero-order valence-electron chi connectivity index (χ0n) is 16.8. The van der Waals surface area contributed by atoms with Crippen molar-refractivity contribution in [3.63, 3.8) is 0 Å². The van der Waals surface area contributed by atoms with Crippen LogP contribution < -0.4 is 15.5 Å². The van der Waals surface area contributed by atoms with Gasteiger partial charge in [0, 0.05) is 14.1 Å². The van der Waals surface area contributed by atoms with E-state index in [-0.39, 0.29) is 42.2 Å². The van der Waals surface area contributed by atoms with Crippen molar-refractivity contribution < 1.29 is 18.0 Å². The number of piperidine rings is 1. The van der Waals surface area contributed by atoms with Crippen molar-refractivity contribution in [3.8, 4) is 0 Å². The highest BCUT2D eigenvalue weighted by atomic mass is 35.5. The topological polar surface area (TPSA) is 75.1 Å². The van der Waals surface area contributed by atoms with Crippen molar-refractivity contribution in [3.05, 3.63) is 35.2 Å². The Hall–Kier alpha value is -2.04. The molecule has 1 aliphatic heterocycles. The first-order valence-electron chi connectivity index (χ1n) is 9.01. The van der Waals surface area contributed by atoms with Crippen molar-refractivity contribution in [1.29, 1.82) is 0 Å².